The topological polar surface area (TPSA) is 170 Å². The molecule has 0 aromatic heterocycles. The maximum absolute atomic E-state index is 13.3. The number of nitrogens with zero attached hydrogens (tertiary/aromatic N) is 3. The van der Waals surface area contributed by atoms with Crippen molar-refractivity contribution in [2.75, 3.05) is 0 Å². The molecule has 0 spiro atoms. The molecular weight excluding hydrogens is 339 g/mol. The average Bonchev–Trinajstić information content (AvgIpc) is 2.14. The van der Waals surface area contributed by atoms with Crippen LogP contribution in [0.25, 0.3) is 0 Å². The third kappa shape index (κ3) is 4.12. The van der Waals surface area contributed by atoms with Gasteiger partial charge < -0.3 is 10.2 Å². The fraction of sp³-hybridized carbons (Fsp3) is 0. The summed E-state index contributed by atoms with van der Waals surface area (Å²) in [6.07, 6.45) is 0. The van der Waals surface area contributed by atoms with Gasteiger partial charge >= 0.3 is 120 Å². The number of phenols is 2. The van der Waals surface area contributed by atoms with Crippen LogP contribution in [0.1, 0.15) is 0 Å². The van der Waals surface area contributed by atoms with Crippen LogP contribution in [0.3, 0.4) is 0 Å². The Morgan fingerprint density at radius 3 is 1.20 bits per heavy atom. The van der Waals surface area contributed by atoms with Crippen molar-refractivity contribution >= 4 is 120 Å². The van der Waals surface area contributed by atoms with E-state index in [0.717, 1.165) is 0 Å². The minimum atomic E-state index is -2.18. The molecular formula is C6H4FK2N3O8. The second-order valence-corrected chi connectivity index (χ2v) is 2.83. The first-order valence-corrected chi connectivity index (χ1v) is 3.90. The molecule has 1 aromatic rings. The Balaban J connectivity index is 0. The van der Waals surface area contributed by atoms with Crippen LogP contribution in [-0.2, 0) is 0 Å². The summed E-state index contributed by atoms with van der Waals surface area (Å²) >= 11 is 0. The molecule has 14 heteroatoms. The van der Waals surface area contributed by atoms with E-state index in [2.05, 4.69) is 0 Å². The standard InChI is InChI=1S/C6H2FN3O8.2K.2H/c7-1-2(8(13)14)5(11)4(10(17)18)6(12)3(1)9(15)16;;;;/h11-12H;;;;. The SMILES string of the molecule is O=[N+]([O-])c1c(O)c([N+](=O)[O-])c(F)c([N+](=O)[O-])c1O.[KH].[KH]. The monoisotopic (exact) mass is 343 g/mol. The molecule has 0 bridgehead atoms. The van der Waals surface area contributed by atoms with E-state index in [-0.39, 0.29) is 103 Å². The number of phenolic OH excluding ortho intramolecular Hbond substituents is 2. The number of hydrogen-bond donors (Lipinski definition) is 2. The molecule has 0 fully saturated rings. The zero-order chi connectivity index (χ0) is 14.2. The van der Waals surface area contributed by atoms with Crippen molar-refractivity contribution in [2.24, 2.45) is 0 Å². The van der Waals surface area contributed by atoms with Crippen LogP contribution >= 0.6 is 0 Å². The molecule has 100 valence electrons. The van der Waals surface area contributed by atoms with Gasteiger partial charge in [0.2, 0.25) is 0 Å². The first kappa shape index (κ1) is 22.5. The summed E-state index contributed by atoms with van der Waals surface area (Å²) < 4.78 is 13.3. The fourth-order valence-corrected chi connectivity index (χ4v) is 1.16. The zero-order valence-electron chi connectivity index (χ0n) is 8.06. The van der Waals surface area contributed by atoms with E-state index >= 15 is 0 Å². The summed E-state index contributed by atoms with van der Waals surface area (Å²) in [6.45, 7) is 0. The zero-order valence-corrected chi connectivity index (χ0v) is 8.06. The summed E-state index contributed by atoms with van der Waals surface area (Å²) in [6, 6.07) is 0. The normalized spacial score (nSPS) is 9.05. The van der Waals surface area contributed by atoms with Gasteiger partial charge in [0.1, 0.15) is 0 Å². The molecule has 0 amide bonds. The van der Waals surface area contributed by atoms with E-state index in [0.29, 0.717) is 0 Å². The van der Waals surface area contributed by atoms with Crippen LogP contribution in [0.15, 0.2) is 0 Å². The molecule has 2 N–H and O–H groups in total. The summed E-state index contributed by atoms with van der Waals surface area (Å²) in [7, 11) is 0. The fourth-order valence-electron chi connectivity index (χ4n) is 1.16. The predicted molar refractivity (Wildman–Crippen MR) is 64.0 cm³/mol. The number of halogens is 1. The predicted octanol–water partition coefficient (Wildman–Crippen LogP) is -0.335. The summed E-state index contributed by atoms with van der Waals surface area (Å²) in [5.74, 6) is -5.78. The summed E-state index contributed by atoms with van der Waals surface area (Å²) in [4.78, 5) is 26.5. The Morgan fingerprint density at radius 2 is 1.00 bits per heavy atom. The molecule has 0 heterocycles. The third-order valence-electron chi connectivity index (χ3n) is 1.86. The second kappa shape index (κ2) is 8.61. The van der Waals surface area contributed by atoms with Gasteiger partial charge in [0.05, 0.1) is 14.8 Å². The Morgan fingerprint density at radius 1 is 0.750 bits per heavy atom. The van der Waals surface area contributed by atoms with Gasteiger partial charge in [-0.05, 0) is 0 Å². The average molecular weight is 343 g/mol. The molecule has 11 nitrogen and oxygen atoms in total. The van der Waals surface area contributed by atoms with Crippen LogP contribution in [0.4, 0.5) is 21.5 Å². The van der Waals surface area contributed by atoms with E-state index in [1.807, 2.05) is 0 Å². The minimum absolute atomic E-state index is 0. The Labute approximate surface area is 193 Å². The third-order valence-corrected chi connectivity index (χ3v) is 1.86. The van der Waals surface area contributed by atoms with E-state index in [9.17, 15) is 34.7 Å². The first-order valence-electron chi connectivity index (χ1n) is 3.90. The molecule has 0 unspecified atom stereocenters. The van der Waals surface area contributed by atoms with Gasteiger partial charge in [-0.15, -0.1) is 0 Å². The summed E-state index contributed by atoms with van der Waals surface area (Å²) in [5, 5.41) is 49.4. The van der Waals surface area contributed by atoms with E-state index in [1.165, 1.54) is 0 Å². The van der Waals surface area contributed by atoms with Crippen molar-refractivity contribution in [1.82, 2.24) is 0 Å². The number of hydrogen-bond acceptors (Lipinski definition) is 8. The van der Waals surface area contributed by atoms with Gasteiger partial charge in [-0.2, -0.15) is 4.39 Å². The quantitative estimate of drug-likeness (QED) is 0.426. The van der Waals surface area contributed by atoms with Crippen LogP contribution < -0.4 is 0 Å². The van der Waals surface area contributed by atoms with Gasteiger partial charge in [0.15, 0.2) is 0 Å². The molecule has 0 aliphatic heterocycles. The molecule has 0 aliphatic carbocycles. The number of nitro groups is 3. The van der Waals surface area contributed by atoms with Crippen molar-refractivity contribution in [3.05, 3.63) is 36.2 Å². The van der Waals surface area contributed by atoms with E-state index in [1.54, 1.807) is 0 Å². The van der Waals surface area contributed by atoms with E-state index < -0.39 is 49.1 Å². The number of aromatic hydroxyl groups is 2. The van der Waals surface area contributed by atoms with Gasteiger partial charge in [-0.1, -0.05) is 0 Å². The molecule has 0 saturated heterocycles. The number of nitro benzene ring substituents is 3. The number of benzene rings is 1. The van der Waals surface area contributed by atoms with Crippen molar-refractivity contribution in [3.63, 3.8) is 0 Å². The van der Waals surface area contributed by atoms with Crippen LogP contribution in [0.2, 0.25) is 0 Å². The van der Waals surface area contributed by atoms with E-state index in [4.69, 9.17) is 10.2 Å². The second-order valence-electron chi connectivity index (χ2n) is 2.83. The Bertz CT molecular complexity index is 492. The van der Waals surface area contributed by atoms with Crippen LogP contribution in [0.5, 0.6) is 11.5 Å². The summed E-state index contributed by atoms with van der Waals surface area (Å²) in [5.41, 5.74) is -5.42. The van der Waals surface area contributed by atoms with Crippen LogP contribution in [-0.4, -0.2) is 128 Å². The van der Waals surface area contributed by atoms with Crippen molar-refractivity contribution in [2.45, 2.75) is 0 Å². The van der Waals surface area contributed by atoms with Gasteiger partial charge in [0, 0.05) is 0 Å². The molecule has 0 atom stereocenters. The Hall–Kier alpha value is 0.223. The maximum atomic E-state index is 13.3. The van der Waals surface area contributed by atoms with Gasteiger partial charge in [0.25, 0.3) is 17.3 Å². The molecule has 1 aromatic carbocycles. The van der Waals surface area contributed by atoms with Crippen molar-refractivity contribution in [1.29, 1.82) is 0 Å². The number of rotatable bonds is 3. The van der Waals surface area contributed by atoms with Gasteiger partial charge in [-0.25, -0.2) is 0 Å². The molecule has 0 radical (unpaired) electrons. The molecule has 0 aliphatic rings. The molecule has 20 heavy (non-hydrogen) atoms. The van der Waals surface area contributed by atoms with Crippen LogP contribution in [0, 0.1) is 36.2 Å². The molecule has 0 saturated carbocycles. The molecule has 1 rings (SSSR count). The van der Waals surface area contributed by atoms with Gasteiger partial charge in [-0.3, -0.25) is 30.3 Å². The van der Waals surface area contributed by atoms with Crippen molar-refractivity contribution < 1.29 is 29.4 Å². The first-order chi connectivity index (χ1) is 8.20. The van der Waals surface area contributed by atoms with Crippen molar-refractivity contribution in [3.8, 4) is 11.5 Å². The Kier molecular flexibility index (Phi) is 9.69.